The molecule has 0 aliphatic heterocycles. The van der Waals surface area contributed by atoms with E-state index in [4.69, 9.17) is 5.39 Å². The Labute approximate surface area is 116 Å². The summed E-state index contributed by atoms with van der Waals surface area (Å²) in [5.74, 6) is 0. The van der Waals surface area contributed by atoms with Crippen LogP contribution in [-0.4, -0.2) is 0 Å². The smallest absolute Gasteiger partial charge is 0.392 e. The maximum atomic E-state index is 9.09. The molecule has 0 aliphatic carbocycles. The highest BCUT2D eigenvalue weighted by Gasteiger charge is 2.16. The lowest BCUT2D eigenvalue weighted by Gasteiger charge is -2.08. The Morgan fingerprint density at radius 2 is 1.26 bits per heavy atom. The Hall–Kier alpha value is -2.37. The van der Waals surface area contributed by atoms with Crippen LogP contribution < -0.4 is 12.4 Å². The molecule has 0 aromatic heterocycles. The molecule has 4 aromatic rings. The summed E-state index contributed by atoms with van der Waals surface area (Å²) in [4.78, 5) is 3.38. The van der Waals surface area contributed by atoms with Gasteiger partial charge in [0.15, 0.2) is 4.98 Å². The molecule has 0 saturated heterocycles. The molecule has 0 aliphatic rings. The highest BCUT2D eigenvalue weighted by Crippen LogP contribution is 2.38. The van der Waals surface area contributed by atoms with Crippen LogP contribution in [0.3, 0.4) is 0 Å². The quantitative estimate of drug-likeness (QED) is 0.353. The number of benzene rings is 4. The van der Waals surface area contributed by atoms with Crippen molar-refractivity contribution in [3.8, 4) is 0 Å². The Kier molecular flexibility index (Phi) is 2.51. The van der Waals surface area contributed by atoms with Crippen LogP contribution >= 0.6 is 0 Å². The van der Waals surface area contributed by atoms with Crippen LogP contribution in [0.4, 0.5) is 5.69 Å². The van der Waals surface area contributed by atoms with Gasteiger partial charge in [-0.3, -0.25) is 0 Å². The molecule has 0 N–H and O–H groups in total. The lowest BCUT2D eigenvalue weighted by atomic mass is 9.94. The largest absolute Gasteiger partial charge is 1.00 e. The lowest BCUT2D eigenvalue weighted by Crippen LogP contribution is -3.00. The van der Waals surface area contributed by atoms with Crippen LogP contribution in [-0.2, 0) is 0 Å². The second-order valence-corrected chi connectivity index (χ2v) is 4.54. The van der Waals surface area contributed by atoms with E-state index in [1.807, 2.05) is 18.2 Å². The van der Waals surface area contributed by atoms with E-state index in [9.17, 15) is 0 Å². The zero-order chi connectivity index (χ0) is 12.1. The normalized spacial score (nSPS) is 10.7. The van der Waals surface area contributed by atoms with Crippen molar-refractivity contribution in [3.63, 3.8) is 0 Å². The number of nitrogens with zero attached hydrogens (tertiary/aromatic N) is 2. The molecule has 3 heteroatoms. The summed E-state index contributed by atoms with van der Waals surface area (Å²) in [7, 11) is 0. The van der Waals surface area contributed by atoms with Crippen LogP contribution in [0.15, 0.2) is 54.6 Å². The molecule has 19 heavy (non-hydrogen) atoms. The third kappa shape index (κ3) is 1.46. The summed E-state index contributed by atoms with van der Waals surface area (Å²) in [6.07, 6.45) is 0. The number of rotatable bonds is 0. The zero-order valence-electron chi connectivity index (χ0n) is 9.97. The molecule has 0 heterocycles. The van der Waals surface area contributed by atoms with E-state index < -0.39 is 0 Å². The first-order valence-corrected chi connectivity index (χ1v) is 5.90. The third-order valence-corrected chi connectivity index (χ3v) is 3.61. The van der Waals surface area contributed by atoms with Gasteiger partial charge in [0.25, 0.3) is 0 Å². The molecule has 0 bridgehead atoms. The van der Waals surface area contributed by atoms with Gasteiger partial charge in [0, 0.05) is 11.5 Å². The Bertz CT molecular complexity index is 922. The highest BCUT2D eigenvalue weighted by molar-refractivity contribution is 6.25. The molecule has 0 saturated carbocycles. The van der Waals surface area contributed by atoms with Gasteiger partial charge in [0.1, 0.15) is 0 Å². The van der Waals surface area contributed by atoms with Crippen LogP contribution in [0.1, 0.15) is 0 Å². The predicted octanol–water partition coefficient (Wildman–Crippen LogP) is 2.07. The standard InChI is InChI=1S/C16H9N2.ClH/c17-18-14-9-7-12-5-4-10-2-1-3-11-6-8-13(14)16(12)15(10)11;/h1-9H;1H/q+1;/p-1. The van der Waals surface area contributed by atoms with Gasteiger partial charge in [0.2, 0.25) is 5.39 Å². The van der Waals surface area contributed by atoms with Crippen molar-refractivity contribution in [2.24, 2.45) is 0 Å². The maximum Gasteiger partial charge on any atom is 0.392 e. The van der Waals surface area contributed by atoms with Crippen molar-refractivity contribution >= 4 is 38.0 Å². The summed E-state index contributed by atoms with van der Waals surface area (Å²) in [5, 5.41) is 16.1. The first-order chi connectivity index (χ1) is 8.88. The van der Waals surface area contributed by atoms with Gasteiger partial charge in [-0.1, -0.05) is 36.4 Å². The highest BCUT2D eigenvalue weighted by atomic mass is 35.5. The van der Waals surface area contributed by atoms with E-state index in [1.165, 1.54) is 26.9 Å². The number of halogens is 1. The Balaban J connectivity index is 0.00000110. The van der Waals surface area contributed by atoms with E-state index in [0.717, 1.165) is 5.39 Å². The van der Waals surface area contributed by atoms with E-state index >= 15 is 0 Å². The molecule has 0 radical (unpaired) electrons. The molecule has 0 atom stereocenters. The second kappa shape index (κ2) is 4.08. The van der Waals surface area contributed by atoms with Gasteiger partial charge in [-0.15, -0.1) is 0 Å². The summed E-state index contributed by atoms with van der Waals surface area (Å²) in [6.45, 7) is 0. The fourth-order valence-electron chi connectivity index (χ4n) is 2.81. The van der Waals surface area contributed by atoms with Crippen LogP contribution in [0.2, 0.25) is 0 Å². The van der Waals surface area contributed by atoms with Crippen LogP contribution in [0.25, 0.3) is 37.3 Å². The number of hydrogen-bond donors (Lipinski definition) is 0. The van der Waals surface area contributed by atoms with Gasteiger partial charge >= 0.3 is 5.69 Å². The minimum Gasteiger partial charge on any atom is -1.00 e. The van der Waals surface area contributed by atoms with E-state index in [2.05, 4.69) is 41.4 Å². The van der Waals surface area contributed by atoms with Crippen molar-refractivity contribution in [1.29, 1.82) is 5.39 Å². The molecular weight excluding hydrogens is 256 g/mol. The fraction of sp³-hybridized carbons (Fsp3) is 0. The average Bonchev–Trinajstić information content (AvgIpc) is 2.44. The molecule has 90 valence electrons. The minimum absolute atomic E-state index is 0. The minimum atomic E-state index is 0. The number of diazo groups is 1. The van der Waals surface area contributed by atoms with Gasteiger partial charge in [0.05, 0.1) is 5.39 Å². The molecule has 4 aromatic carbocycles. The van der Waals surface area contributed by atoms with Crippen molar-refractivity contribution < 1.29 is 12.4 Å². The van der Waals surface area contributed by atoms with Gasteiger partial charge < -0.3 is 12.4 Å². The van der Waals surface area contributed by atoms with Crippen molar-refractivity contribution in [2.45, 2.75) is 0 Å². The molecular formula is C16H9ClN2. The first-order valence-electron chi connectivity index (χ1n) is 5.90. The topological polar surface area (TPSA) is 28.1 Å². The summed E-state index contributed by atoms with van der Waals surface area (Å²) in [5.41, 5.74) is 0.626. The molecule has 0 unspecified atom stereocenters. The second-order valence-electron chi connectivity index (χ2n) is 4.54. The van der Waals surface area contributed by atoms with Crippen molar-refractivity contribution in [2.75, 3.05) is 0 Å². The summed E-state index contributed by atoms with van der Waals surface area (Å²) < 4.78 is 0. The fourth-order valence-corrected chi connectivity index (χ4v) is 2.81. The summed E-state index contributed by atoms with van der Waals surface area (Å²) in [6, 6.07) is 18.5. The van der Waals surface area contributed by atoms with E-state index in [1.54, 1.807) is 0 Å². The maximum absolute atomic E-state index is 9.09. The van der Waals surface area contributed by atoms with Crippen LogP contribution in [0.5, 0.6) is 0 Å². The number of hydrogen-bond acceptors (Lipinski definition) is 1. The average molecular weight is 265 g/mol. The van der Waals surface area contributed by atoms with E-state index in [-0.39, 0.29) is 12.4 Å². The van der Waals surface area contributed by atoms with Crippen LogP contribution in [0, 0.1) is 5.39 Å². The molecule has 4 rings (SSSR count). The molecule has 0 amide bonds. The Morgan fingerprint density at radius 3 is 1.95 bits per heavy atom. The van der Waals surface area contributed by atoms with Crippen molar-refractivity contribution in [3.05, 3.63) is 59.6 Å². The lowest BCUT2D eigenvalue weighted by molar-refractivity contribution is -0.00000355. The van der Waals surface area contributed by atoms with Gasteiger partial charge in [-0.25, -0.2) is 0 Å². The third-order valence-electron chi connectivity index (χ3n) is 3.61. The molecule has 2 nitrogen and oxygen atoms in total. The summed E-state index contributed by atoms with van der Waals surface area (Å²) >= 11 is 0. The predicted molar refractivity (Wildman–Crippen MR) is 74.9 cm³/mol. The SMILES string of the molecule is N#[N+]c1ccc2ccc3cccc4ccc1c2c34.[Cl-]. The molecule has 0 fully saturated rings. The monoisotopic (exact) mass is 264 g/mol. The van der Waals surface area contributed by atoms with Gasteiger partial charge in [-0.2, -0.15) is 0 Å². The van der Waals surface area contributed by atoms with Crippen molar-refractivity contribution in [1.82, 2.24) is 0 Å². The Morgan fingerprint density at radius 1 is 0.684 bits per heavy atom. The zero-order valence-corrected chi connectivity index (χ0v) is 10.7. The first kappa shape index (κ1) is 11.7. The van der Waals surface area contributed by atoms with E-state index in [0.29, 0.717) is 5.69 Å². The van der Waals surface area contributed by atoms with Gasteiger partial charge in [-0.05, 0) is 33.7 Å². The molecule has 0 spiro atoms.